The van der Waals surface area contributed by atoms with Gasteiger partial charge in [-0.15, -0.1) is 0 Å². The second-order valence-corrected chi connectivity index (χ2v) is 5.80. The Balaban J connectivity index is 3.06. The van der Waals surface area contributed by atoms with Crippen molar-refractivity contribution in [3.63, 3.8) is 0 Å². The lowest BCUT2D eigenvalue weighted by Gasteiger charge is -2.14. The lowest BCUT2D eigenvalue weighted by molar-refractivity contribution is 0.587. The average molecular weight is 267 g/mol. The molecule has 1 unspecified atom stereocenters. The molecule has 0 saturated heterocycles. The van der Waals surface area contributed by atoms with Crippen molar-refractivity contribution in [3.05, 3.63) is 29.0 Å². The summed E-state index contributed by atoms with van der Waals surface area (Å²) in [7, 11) is -3.71. The Hall–Kier alpha value is -0.850. The smallest absolute Gasteiger partial charge is 0.236 e. The molecule has 0 fully saturated rings. The van der Waals surface area contributed by atoms with Gasteiger partial charge < -0.3 is 5.73 Å². The predicted octanol–water partition coefficient (Wildman–Crippen LogP) is 1.57. The van der Waals surface area contributed by atoms with E-state index in [4.69, 9.17) is 17.3 Å². The number of sulfonamides is 1. The average Bonchev–Trinajstić information content (AvgIpc) is 2.22. The summed E-state index contributed by atoms with van der Waals surface area (Å²) in [6, 6.07) is 3.91. The van der Waals surface area contributed by atoms with Crippen LogP contribution < -0.4 is 10.5 Å². The zero-order valence-electron chi connectivity index (χ0n) is 8.57. The standard InChI is InChI=1S/C9H12ClFN2O2S/c1-6(5-12)16(14,15)13-9-7(10)3-2-4-8(9)11/h2-4,6,13H,5,12H2,1H3. The minimum absolute atomic E-state index is 0.00722. The molecule has 1 aromatic rings. The molecule has 0 spiro atoms. The van der Waals surface area contributed by atoms with Gasteiger partial charge in [0.15, 0.2) is 0 Å². The van der Waals surface area contributed by atoms with Crippen molar-refractivity contribution in [3.8, 4) is 0 Å². The van der Waals surface area contributed by atoms with Gasteiger partial charge in [-0.25, -0.2) is 12.8 Å². The number of rotatable bonds is 4. The van der Waals surface area contributed by atoms with Gasteiger partial charge in [0, 0.05) is 6.54 Å². The summed E-state index contributed by atoms with van der Waals surface area (Å²) in [5.74, 6) is -0.722. The molecule has 4 nitrogen and oxygen atoms in total. The number of benzene rings is 1. The molecule has 7 heteroatoms. The molecular weight excluding hydrogens is 255 g/mol. The van der Waals surface area contributed by atoms with Crippen molar-refractivity contribution in [1.29, 1.82) is 0 Å². The zero-order valence-corrected chi connectivity index (χ0v) is 10.1. The highest BCUT2D eigenvalue weighted by Crippen LogP contribution is 2.26. The summed E-state index contributed by atoms with van der Waals surface area (Å²) in [5, 5.41) is -0.809. The summed E-state index contributed by atoms with van der Waals surface area (Å²) in [5.41, 5.74) is 5.00. The van der Waals surface area contributed by atoms with Crippen molar-refractivity contribution < 1.29 is 12.8 Å². The van der Waals surface area contributed by atoms with Crippen LogP contribution in [0.4, 0.5) is 10.1 Å². The van der Waals surface area contributed by atoms with Gasteiger partial charge in [0.2, 0.25) is 10.0 Å². The van der Waals surface area contributed by atoms with Gasteiger partial charge >= 0.3 is 0 Å². The maximum atomic E-state index is 13.3. The number of nitrogens with one attached hydrogen (secondary N) is 1. The summed E-state index contributed by atoms with van der Waals surface area (Å²) in [6.45, 7) is 1.37. The summed E-state index contributed by atoms with van der Waals surface area (Å²) < 4.78 is 38.6. The fourth-order valence-electron chi connectivity index (χ4n) is 0.965. The van der Waals surface area contributed by atoms with E-state index >= 15 is 0 Å². The highest BCUT2D eigenvalue weighted by molar-refractivity contribution is 7.93. The van der Waals surface area contributed by atoms with E-state index in [1.165, 1.54) is 19.1 Å². The monoisotopic (exact) mass is 266 g/mol. The lowest BCUT2D eigenvalue weighted by atomic mass is 10.3. The quantitative estimate of drug-likeness (QED) is 0.869. The number of para-hydroxylation sites is 1. The highest BCUT2D eigenvalue weighted by atomic mass is 35.5. The van der Waals surface area contributed by atoms with Crippen LogP contribution in [0.5, 0.6) is 0 Å². The number of hydrogen-bond acceptors (Lipinski definition) is 3. The van der Waals surface area contributed by atoms with E-state index in [0.29, 0.717) is 0 Å². The largest absolute Gasteiger partial charge is 0.329 e. The third-order valence-electron chi connectivity index (χ3n) is 2.07. The number of halogens is 2. The van der Waals surface area contributed by atoms with E-state index in [1.54, 1.807) is 0 Å². The van der Waals surface area contributed by atoms with Crippen molar-refractivity contribution in [2.24, 2.45) is 5.73 Å². The molecule has 0 radical (unpaired) electrons. The molecule has 16 heavy (non-hydrogen) atoms. The minimum atomic E-state index is -3.71. The van der Waals surface area contributed by atoms with Gasteiger partial charge in [0.1, 0.15) is 11.5 Å². The fourth-order valence-corrected chi connectivity index (χ4v) is 2.18. The summed E-state index contributed by atoms with van der Waals surface area (Å²) in [6.07, 6.45) is 0. The molecular formula is C9H12ClFN2O2S. The van der Waals surface area contributed by atoms with Gasteiger partial charge in [-0.2, -0.15) is 0 Å². The Morgan fingerprint density at radius 2 is 2.19 bits per heavy atom. The predicted molar refractivity (Wildman–Crippen MR) is 62.5 cm³/mol. The van der Waals surface area contributed by atoms with Gasteiger partial charge in [-0.05, 0) is 19.1 Å². The molecule has 1 aromatic carbocycles. The van der Waals surface area contributed by atoms with Crippen LogP contribution in [0.2, 0.25) is 5.02 Å². The van der Waals surface area contributed by atoms with Crippen LogP contribution in [0.3, 0.4) is 0 Å². The third-order valence-corrected chi connectivity index (χ3v) is 4.12. The normalized spacial score (nSPS) is 13.5. The molecule has 0 aliphatic carbocycles. The lowest BCUT2D eigenvalue weighted by Crippen LogP contribution is -2.32. The van der Waals surface area contributed by atoms with E-state index in [9.17, 15) is 12.8 Å². The Bertz CT molecular complexity index is 458. The fraction of sp³-hybridized carbons (Fsp3) is 0.333. The second kappa shape index (κ2) is 4.99. The first-order valence-corrected chi connectivity index (χ1v) is 6.46. The first-order valence-electron chi connectivity index (χ1n) is 4.54. The van der Waals surface area contributed by atoms with Crippen molar-refractivity contribution in [1.82, 2.24) is 0 Å². The molecule has 0 aromatic heterocycles. The van der Waals surface area contributed by atoms with Crippen LogP contribution in [-0.4, -0.2) is 20.2 Å². The first-order chi connectivity index (χ1) is 7.38. The van der Waals surface area contributed by atoms with E-state index in [-0.39, 0.29) is 17.3 Å². The van der Waals surface area contributed by atoms with Crippen molar-refractivity contribution in [2.75, 3.05) is 11.3 Å². The van der Waals surface area contributed by atoms with Crippen molar-refractivity contribution >= 4 is 27.3 Å². The minimum Gasteiger partial charge on any atom is -0.329 e. The topological polar surface area (TPSA) is 72.2 Å². The van der Waals surface area contributed by atoms with Gasteiger partial charge in [-0.3, -0.25) is 4.72 Å². The SMILES string of the molecule is CC(CN)S(=O)(=O)Nc1c(F)cccc1Cl. The van der Waals surface area contributed by atoms with Crippen LogP contribution in [0.15, 0.2) is 18.2 Å². The van der Waals surface area contributed by atoms with Gasteiger partial charge in [0.05, 0.1) is 10.3 Å². The molecule has 0 heterocycles. The molecule has 0 saturated carbocycles. The van der Waals surface area contributed by atoms with Crippen molar-refractivity contribution in [2.45, 2.75) is 12.2 Å². The van der Waals surface area contributed by atoms with Crippen LogP contribution in [0.1, 0.15) is 6.92 Å². The van der Waals surface area contributed by atoms with Gasteiger partial charge in [0.25, 0.3) is 0 Å². The molecule has 0 aliphatic rings. The van der Waals surface area contributed by atoms with Crippen LogP contribution in [0.25, 0.3) is 0 Å². The van der Waals surface area contributed by atoms with E-state index in [2.05, 4.69) is 4.72 Å². The maximum absolute atomic E-state index is 13.3. The summed E-state index contributed by atoms with van der Waals surface area (Å²) >= 11 is 5.69. The van der Waals surface area contributed by atoms with Crippen LogP contribution >= 0.6 is 11.6 Å². The maximum Gasteiger partial charge on any atom is 0.236 e. The molecule has 0 aliphatic heterocycles. The van der Waals surface area contributed by atoms with E-state index in [0.717, 1.165) is 6.07 Å². The highest BCUT2D eigenvalue weighted by Gasteiger charge is 2.21. The molecule has 3 N–H and O–H groups in total. The van der Waals surface area contributed by atoms with Crippen LogP contribution in [0, 0.1) is 5.82 Å². The van der Waals surface area contributed by atoms with Crippen LogP contribution in [-0.2, 0) is 10.0 Å². The Morgan fingerprint density at radius 3 is 2.69 bits per heavy atom. The zero-order chi connectivity index (χ0) is 12.3. The number of anilines is 1. The Kier molecular flexibility index (Phi) is 4.12. The Morgan fingerprint density at radius 1 is 1.56 bits per heavy atom. The van der Waals surface area contributed by atoms with E-state index in [1.807, 2.05) is 0 Å². The van der Waals surface area contributed by atoms with Gasteiger partial charge in [-0.1, -0.05) is 17.7 Å². The molecule has 90 valence electrons. The molecule has 0 bridgehead atoms. The molecule has 0 amide bonds. The molecule has 1 rings (SSSR count). The number of hydrogen-bond donors (Lipinski definition) is 2. The number of nitrogens with two attached hydrogens (primary N) is 1. The summed E-state index contributed by atoms with van der Waals surface area (Å²) in [4.78, 5) is 0. The second-order valence-electron chi connectivity index (χ2n) is 3.29. The van der Waals surface area contributed by atoms with E-state index < -0.39 is 21.1 Å². The third kappa shape index (κ3) is 2.84. The first kappa shape index (κ1) is 13.2. The molecule has 1 atom stereocenters. The Labute approximate surface area is 98.6 Å².